The van der Waals surface area contributed by atoms with Crippen LogP contribution >= 0.6 is 15.9 Å². The zero-order valence-electron chi connectivity index (χ0n) is 13.3. The Morgan fingerprint density at radius 2 is 2.12 bits per heavy atom. The molecule has 0 bridgehead atoms. The minimum Gasteiger partial charge on any atom is -0.304 e. The van der Waals surface area contributed by atoms with Crippen molar-refractivity contribution < 1.29 is 18.0 Å². The molecule has 0 saturated heterocycles. The van der Waals surface area contributed by atoms with Crippen LogP contribution in [0.2, 0.25) is 0 Å². The Morgan fingerprint density at radius 1 is 1.42 bits per heavy atom. The number of alkyl halides is 3. The molecule has 0 atom stereocenters. The standard InChI is InChI=1S/C14H9BrF3N7O/c1-6-3-8(14(16,17)18)25-12(21-6)9(15)10(23-25)13(26)22-11-7(4-19)5-20-24(11)2/h3,5H,1-2H3,(H,22,26). The number of hydrogen-bond acceptors (Lipinski definition) is 5. The molecule has 0 unspecified atom stereocenters. The summed E-state index contributed by atoms with van der Waals surface area (Å²) in [6, 6.07) is 2.69. The van der Waals surface area contributed by atoms with Gasteiger partial charge in [0.05, 0.1) is 10.7 Å². The summed E-state index contributed by atoms with van der Waals surface area (Å²) in [5.74, 6) is -0.713. The molecule has 12 heteroatoms. The second kappa shape index (κ2) is 6.10. The molecule has 0 spiro atoms. The molecule has 1 N–H and O–H groups in total. The number of fused-ring (bicyclic) bond motifs is 1. The minimum absolute atomic E-state index is 0.00451. The topological polar surface area (TPSA) is 101 Å². The molecular formula is C14H9BrF3N7O. The second-order valence-corrected chi connectivity index (χ2v) is 6.07. The van der Waals surface area contributed by atoms with Crippen molar-refractivity contribution >= 4 is 33.3 Å². The van der Waals surface area contributed by atoms with Crippen molar-refractivity contribution in [1.29, 1.82) is 5.26 Å². The third-order valence-electron chi connectivity index (χ3n) is 3.46. The van der Waals surface area contributed by atoms with Crippen molar-refractivity contribution in [1.82, 2.24) is 24.4 Å². The SMILES string of the molecule is Cc1cc(C(F)(F)F)n2nc(C(=O)Nc3c(C#N)cnn3C)c(Br)c2n1. The number of nitrogens with one attached hydrogen (secondary N) is 1. The number of nitrogens with zero attached hydrogens (tertiary/aromatic N) is 6. The maximum absolute atomic E-state index is 13.2. The summed E-state index contributed by atoms with van der Waals surface area (Å²) in [6.45, 7) is 1.41. The number of halogens is 4. The maximum atomic E-state index is 13.2. The molecule has 0 fully saturated rings. The van der Waals surface area contributed by atoms with Crippen molar-refractivity contribution in [3.63, 3.8) is 0 Å². The number of hydrogen-bond donors (Lipinski definition) is 1. The number of amides is 1. The van der Waals surface area contributed by atoms with Crippen LogP contribution in [-0.4, -0.2) is 30.3 Å². The van der Waals surface area contributed by atoms with E-state index >= 15 is 0 Å². The molecule has 0 aliphatic heterocycles. The van der Waals surface area contributed by atoms with Crippen molar-refractivity contribution in [3.8, 4) is 6.07 Å². The van der Waals surface area contributed by atoms with Gasteiger partial charge in [0.25, 0.3) is 5.91 Å². The molecule has 3 heterocycles. The predicted octanol–water partition coefficient (Wildman–Crippen LogP) is 2.68. The minimum atomic E-state index is -4.68. The van der Waals surface area contributed by atoms with E-state index in [9.17, 15) is 18.0 Å². The van der Waals surface area contributed by atoms with Gasteiger partial charge in [-0.2, -0.15) is 28.6 Å². The molecule has 0 aliphatic carbocycles. The maximum Gasteiger partial charge on any atom is 0.433 e. The highest BCUT2D eigenvalue weighted by atomic mass is 79.9. The lowest BCUT2D eigenvalue weighted by atomic mass is 10.3. The van der Waals surface area contributed by atoms with Crippen LogP contribution in [0.3, 0.4) is 0 Å². The highest BCUT2D eigenvalue weighted by Crippen LogP contribution is 2.32. The number of aromatic nitrogens is 5. The zero-order valence-corrected chi connectivity index (χ0v) is 14.8. The molecule has 3 aromatic heterocycles. The lowest BCUT2D eigenvalue weighted by Gasteiger charge is -2.09. The van der Waals surface area contributed by atoms with Gasteiger partial charge in [-0.15, -0.1) is 0 Å². The van der Waals surface area contributed by atoms with E-state index in [1.54, 1.807) is 0 Å². The van der Waals surface area contributed by atoms with Crippen LogP contribution in [0, 0.1) is 18.3 Å². The van der Waals surface area contributed by atoms with Gasteiger partial charge in [0.2, 0.25) is 0 Å². The van der Waals surface area contributed by atoms with Gasteiger partial charge in [0, 0.05) is 12.7 Å². The first kappa shape index (κ1) is 17.9. The van der Waals surface area contributed by atoms with Crippen molar-refractivity contribution in [2.45, 2.75) is 13.1 Å². The molecule has 0 saturated carbocycles. The summed E-state index contributed by atoms with van der Waals surface area (Å²) in [6.07, 6.45) is -3.43. The first-order valence-electron chi connectivity index (χ1n) is 7.00. The molecule has 134 valence electrons. The highest BCUT2D eigenvalue weighted by Gasteiger charge is 2.36. The molecule has 26 heavy (non-hydrogen) atoms. The van der Waals surface area contributed by atoms with Gasteiger partial charge in [-0.05, 0) is 28.9 Å². The van der Waals surface area contributed by atoms with E-state index in [2.05, 4.69) is 36.4 Å². The Balaban J connectivity index is 2.11. The molecule has 0 aromatic carbocycles. The van der Waals surface area contributed by atoms with Gasteiger partial charge in [-0.1, -0.05) is 0 Å². The molecule has 1 amide bonds. The predicted molar refractivity (Wildman–Crippen MR) is 86.3 cm³/mol. The monoisotopic (exact) mass is 427 g/mol. The number of nitriles is 1. The average molecular weight is 428 g/mol. The van der Waals surface area contributed by atoms with Crippen LogP contribution in [0.25, 0.3) is 5.65 Å². The summed E-state index contributed by atoms with van der Waals surface area (Å²) in [5.41, 5.74) is -1.29. The summed E-state index contributed by atoms with van der Waals surface area (Å²) < 4.78 is 41.5. The normalized spacial score (nSPS) is 11.6. The van der Waals surface area contributed by atoms with Gasteiger partial charge < -0.3 is 5.32 Å². The van der Waals surface area contributed by atoms with Crippen molar-refractivity contribution in [2.24, 2.45) is 7.05 Å². The fourth-order valence-electron chi connectivity index (χ4n) is 2.29. The number of anilines is 1. The van der Waals surface area contributed by atoms with E-state index in [0.29, 0.717) is 4.52 Å². The third kappa shape index (κ3) is 2.90. The van der Waals surface area contributed by atoms with Crippen molar-refractivity contribution in [2.75, 3.05) is 5.32 Å². The van der Waals surface area contributed by atoms with E-state index in [0.717, 1.165) is 6.07 Å². The van der Waals surface area contributed by atoms with E-state index in [1.165, 1.54) is 24.9 Å². The van der Waals surface area contributed by atoms with Crippen LogP contribution < -0.4 is 5.32 Å². The van der Waals surface area contributed by atoms with Crippen LogP contribution in [0.5, 0.6) is 0 Å². The molecular weight excluding hydrogens is 419 g/mol. The van der Waals surface area contributed by atoms with E-state index < -0.39 is 17.8 Å². The summed E-state index contributed by atoms with van der Waals surface area (Å²) >= 11 is 3.08. The third-order valence-corrected chi connectivity index (χ3v) is 4.19. The van der Waals surface area contributed by atoms with Gasteiger partial charge in [0.1, 0.15) is 23.1 Å². The lowest BCUT2D eigenvalue weighted by molar-refractivity contribution is -0.142. The summed E-state index contributed by atoms with van der Waals surface area (Å²) in [7, 11) is 1.50. The molecule has 3 aromatic rings. The Kier molecular flexibility index (Phi) is 4.19. The number of rotatable bonds is 2. The van der Waals surface area contributed by atoms with Crippen molar-refractivity contribution in [3.05, 3.63) is 39.4 Å². The first-order valence-corrected chi connectivity index (χ1v) is 7.79. The Morgan fingerprint density at radius 3 is 2.73 bits per heavy atom. The van der Waals surface area contributed by atoms with Gasteiger partial charge in [0.15, 0.2) is 11.3 Å². The number of carbonyl (C=O) groups is 1. The summed E-state index contributed by atoms with van der Waals surface area (Å²) in [4.78, 5) is 16.5. The van der Waals surface area contributed by atoms with Gasteiger partial charge in [-0.3, -0.25) is 9.48 Å². The smallest absolute Gasteiger partial charge is 0.304 e. The molecule has 0 radical (unpaired) electrons. The largest absolute Gasteiger partial charge is 0.433 e. The fraction of sp³-hybridized carbons (Fsp3) is 0.214. The fourth-order valence-corrected chi connectivity index (χ4v) is 2.81. The molecule has 0 aliphatic rings. The lowest BCUT2D eigenvalue weighted by Crippen LogP contribution is -2.17. The zero-order chi connectivity index (χ0) is 19.2. The van der Waals surface area contributed by atoms with Crippen LogP contribution in [0.15, 0.2) is 16.7 Å². The van der Waals surface area contributed by atoms with Crippen LogP contribution in [0.4, 0.5) is 19.0 Å². The average Bonchev–Trinajstić information content (AvgIpc) is 3.07. The number of aryl methyl sites for hydroxylation is 2. The first-order chi connectivity index (χ1) is 12.1. The molecule has 3 rings (SSSR count). The quantitative estimate of drug-likeness (QED) is 0.677. The van der Waals surface area contributed by atoms with Gasteiger partial charge >= 0.3 is 6.18 Å². The second-order valence-electron chi connectivity index (χ2n) is 5.27. The highest BCUT2D eigenvalue weighted by molar-refractivity contribution is 9.10. The van der Waals surface area contributed by atoms with Crippen LogP contribution in [-0.2, 0) is 13.2 Å². The Bertz CT molecular complexity index is 1080. The molecule has 8 nitrogen and oxygen atoms in total. The summed E-state index contributed by atoms with van der Waals surface area (Å²) in [5, 5.41) is 19.0. The van der Waals surface area contributed by atoms with E-state index in [1.807, 2.05) is 6.07 Å². The van der Waals surface area contributed by atoms with Gasteiger partial charge in [-0.25, -0.2) is 9.50 Å². The van der Waals surface area contributed by atoms with E-state index in [-0.39, 0.29) is 32.9 Å². The number of carbonyl (C=O) groups excluding carboxylic acids is 1. The Hall–Kier alpha value is -2.94. The van der Waals surface area contributed by atoms with E-state index in [4.69, 9.17) is 5.26 Å². The Labute approximate surface area is 152 Å². The van der Waals surface area contributed by atoms with Crippen LogP contribution in [0.1, 0.15) is 27.4 Å².